The molecule has 21 heavy (non-hydrogen) atoms. The van der Waals surface area contributed by atoms with E-state index in [1.807, 2.05) is 6.07 Å². The van der Waals surface area contributed by atoms with Crippen molar-refractivity contribution in [3.8, 4) is 6.07 Å². The molecule has 1 aliphatic carbocycles. The quantitative estimate of drug-likeness (QED) is 0.871. The first-order chi connectivity index (χ1) is 10.2. The molecule has 0 aromatic carbocycles. The second-order valence-electron chi connectivity index (χ2n) is 5.50. The first-order valence-corrected chi connectivity index (χ1v) is 7.22. The highest BCUT2D eigenvalue weighted by atomic mass is 16.5. The summed E-state index contributed by atoms with van der Waals surface area (Å²) in [6.07, 6.45) is 3.41. The van der Waals surface area contributed by atoms with Crippen LogP contribution in [0.5, 0.6) is 0 Å². The summed E-state index contributed by atoms with van der Waals surface area (Å²) in [5.74, 6) is -0.327. The number of aromatic nitrogens is 1. The molecule has 0 bridgehead atoms. The van der Waals surface area contributed by atoms with Crippen LogP contribution in [0.3, 0.4) is 0 Å². The fourth-order valence-electron chi connectivity index (χ4n) is 2.94. The average molecular weight is 287 g/mol. The van der Waals surface area contributed by atoms with Gasteiger partial charge in [0, 0.05) is 12.2 Å². The van der Waals surface area contributed by atoms with Crippen LogP contribution in [0.2, 0.25) is 0 Å². The third-order valence-corrected chi connectivity index (χ3v) is 4.05. The Kier molecular flexibility index (Phi) is 3.76. The molecular weight excluding hydrogens is 270 g/mol. The van der Waals surface area contributed by atoms with Gasteiger partial charge in [-0.05, 0) is 43.7 Å². The van der Waals surface area contributed by atoms with E-state index in [-0.39, 0.29) is 6.10 Å². The molecule has 2 heterocycles. The van der Waals surface area contributed by atoms with Gasteiger partial charge in [0.05, 0.1) is 11.7 Å². The first kappa shape index (κ1) is 13.8. The summed E-state index contributed by atoms with van der Waals surface area (Å²) in [6.45, 7) is 0.476. The van der Waals surface area contributed by atoms with Gasteiger partial charge in [-0.1, -0.05) is 0 Å². The van der Waals surface area contributed by atoms with E-state index in [1.54, 1.807) is 0 Å². The van der Waals surface area contributed by atoms with Crippen LogP contribution in [0.4, 0.5) is 5.82 Å². The Morgan fingerprint density at radius 1 is 1.52 bits per heavy atom. The maximum Gasteiger partial charge on any atom is 0.332 e. The topological polar surface area (TPSA) is 95.2 Å². The van der Waals surface area contributed by atoms with Crippen molar-refractivity contribution in [1.29, 1.82) is 5.26 Å². The number of anilines is 1. The zero-order valence-electron chi connectivity index (χ0n) is 11.6. The van der Waals surface area contributed by atoms with Crippen molar-refractivity contribution < 1.29 is 14.6 Å². The lowest BCUT2D eigenvalue weighted by Gasteiger charge is -2.14. The van der Waals surface area contributed by atoms with Gasteiger partial charge in [-0.3, -0.25) is 0 Å². The summed E-state index contributed by atoms with van der Waals surface area (Å²) in [4.78, 5) is 15.4. The van der Waals surface area contributed by atoms with Crippen molar-refractivity contribution in [2.75, 3.05) is 11.9 Å². The van der Waals surface area contributed by atoms with Gasteiger partial charge >= 0.3 is 5.97 Å². The second kappa shape index (κ2) is 5.70. The smallest absolute Gasteiger partial charge is 0.332 e. The molecule has 6 heteroatoms. The standard InChI is InChI=1S/C15H17N3O3/c16-7-10-6-9-2-1-3-12(9)18-14(10)17-8-11-4-5-13(21-11)15(19)20/h6,11,13H,1-5,8H2,(H,17,18)(H,19,20). The molecule has 0 radical (unpaired) electrons. The molecule has 1 aromatic heterocycles. The normalized spacial score (nSPS) is 23.6. The van der Waals surface area contributed by atoms with E-state index in [2.05, 4.69) is 16.4 Å². The number of nitrogens with zero attached hydrogens (tertiary/aromatic N) is 2. The van der Waals surface area contributed by atoms with Crippen LogP contribution in [0.25, 0.3) is 0 Å². The van der Waals surface area contributed by atoms with Gasteiger partial charge in [0.1, 0.15) is 11.9 Å². The molecule has 1 saturated heterocycles. The van der Waals surface area contributed by atoms with E-state index >= 15 is 0 Å². The summed E-state index contributed by atoms with van der Waals surface area (Å²) in [6, 6.07) is 4.08. The number of pyridine rings is 1. The number of hydrogen-bond acceptors (Lipinski definition) is 5. The zero-order chi connectivity index (χ0) is 14.8. The van der Waals surface area contributed by atoms with Crippen molar-refractivity contribution >= 4 is 11.8 Å². The Bertz CT molecular complexity index is 609. The van der Waals surface area contributed by atoms with Gasteiger partial charge < -0.3 is 15.2 Å². The molecule has 0 saturated carbocycles. The number of carbonyl (C=O) groups is 1. The Morgan fingerprint density at radius 2 is 2.38 bits per heavy atom. The predicted octanol–water partition coefficient (Wildman–Crippen LogP) is 1.49. The Morgan fingerprint density at radius 3 is 3.10 bits per heavy atom. The maximum absolute atomic E-state index is 10.8. The molecule has 6 nitrogen and oxygen atoms in total. The average Bonchev–Trinajstić information content (AvgIpc) is 3.12. The number of carboxylic acid groups (broad SMARTS) is 1. The Labute approximate surface area is 122 Å². The SMILES string of the molecule is N#Cc1cc2c(nc1NCC1CCC(C(=O)O)O1)CCC2. The summed E-state index contributed by atoms with van der Waals surface area (Å²) >= 11 is 0. The summed E-state index contributed by atoms with van der Waals surface area (Å²) in [7, 11) is 0. The molecule has 110 valence electrons. The minimum atomic E-state index is -0.911. The van der Waals surface area contributed by atoms with Gasteiger partial charge in [-0.2, -0.15) is 5.26 Å². The highest BCUT2D eigenvalue weighted by molar-refractivity contribution is 5.72. The van der Waals surface area contributed by atoms with Gasteiger partial charge in [0.15, 0.2) is 6.10 Å². The fourth-order valence-corrected chi connectivity index (χ4v) is 2.94. The van der Waals surface area contributed by atoms with E-state index in [0.29, 0.717) is 30.8 Å². The number of ether oxygens (including phenoxy) is 1. The molecule has 0 spiro atoms. The van der Waals surface area contributed by atoms with Gasteiger partial charge in [0.25, 0.3) is 0 Å². The third kappa shape index (κ3) is 2.83. The third-order valence-electron chi connectivity index (χ3n) is 4.05. The summed E-state index contributed by atoms with van der Waals surface area (Å²) in [5, 5.41) is 21.3. The van der Waals surface area contributed by atoms with Gasteiger partial charge in [0.2, 0.25) is 0 Å². The number of nitriles is 1. The molecule has 2 N–H and O–H groups in total. The van der Waals surface area contributed by atoms with E-state index < -0.39 is 12.1 Å². The fraction of sp³-hybridized carbons (Fsp3) is 0.533. The van der Waals surface area contributed by atoms with Crippen LogP contribution in [0.1, 0.15) is 36.1 Å². The molecule has 0 amide bonds. The Hall–Kier alpha value is -2.13. The monoisotopic (exact) mass is 287 g/mol. The minimum Gasteiger partial charge on any atom is -0.479 e. The number of hydrogen-bond donors (Lipinski definition) is 2. The van der Waals surface area contributed by atoms with Crippen molar-refractivity contribution in [3.63, 3.8) is 0 Å². The number of nitrogens with one attached hydrogen (secondary N) is 1. The highest BCUT2D eigenvalue weighted by Gasteiger charge is 2.30. The number of carboxylic acids is 1. The second-order valence-corrected chi connectivity index (χ2v) is 5.50. The molecule has 2 atom stereocenters. The van der Waals surface area contributed by atoms with Crippen LogP contribution < -0.4 is 5.32 Å². The molecule has 2 unspecified atom stereocenters. The number of rotatable bonds is 4. The lowest BCUT2D eigenvalue weighted by molar-refractivity contribution is -0.149. The molecule has 2 aliphatic rings. The van der Waals surface area contributed by atoms with Crippen LogP contribution in [-0.2, 0) is 22.4 Å². The van der Waals surface area contributed by atoms with Gasteiger partial charge in [-0.15, -0.1) is 0 Å². The van der Waals surface area contributed by atoms with E-state index in [1.165, 1.54) is 5.56 Å². The highest BCUT2D eigenvalue weighted by Crippen LogP contribution is 2.26. The lowest BCUT2D eigenvalue weighted by atomic mass is 10.1. The lowest BCUT2D eigenvalue weighted by Crippen LogP contribution is -2.25. The summed E-state index contributed by atoms with van der Waals surface area (Å²) < 4.78 is 5.44. The number of aryl methyl sites for hydroxylation is 2. The van der Waals surface area contributed by atoms with Crippen LogP contribution in [0.15, 0.2) is 6.07 Å². The van der Waals surface area contributed by atoms with Crippen molar-refractivity contribution in [2.45, 2.75) is 44.3 Å². The summed E-state index contributed by atoms with van der Waals surface area (Å²) in [5.41, 5.74) is 2.77. The van der Waals surface area contributed by atoms with Gasteiger partial charge in [-0.25, -0.2) is 9.78 Å². The minimum absolute atomic E-state index is 0.146. The zero-order valence-corrected chi connectivity index (χ0v) is 11.6. The number of aliphatic carboxylic acids is 1. The molecule has 1 aliphatic heterocycles. The molecule has 3 rings (SSSR count). The van der Waals surface area contributed by atoms with E-state index in [9.17, 15) is 10.1 Å². The van der Waals surface area contributed by atoms with E-state index in [0.717, 1.165) is 25.0 Å². The van der Waals surface area contributed by atoms with Crippen molar-refractivity contribution in [2.24, 2.45) is 0 Å². The predicted molar refractivity (Wildman–Crippen MR) is 75.0 cm³/mol. The molecular formula is C15H17N3O3. The van der Waals surface area contributed by atoms with Crippen LogP contribution in [0, 0.1) is 11.3 Å². The first-order valence-electron chi connectivity index (χ1n) is 7.22. The Balaban J connectivity index is 1.66. The molecule has 1 fully saturated rings. The number of fused-ring (bicyclic) bond motifs is 1. The van der Waals surface area contributed by atoms with E-state index in [4.69, 9.17) is 9.84 Å². The van der Waals surface area contributed by atoms with Crippen LogP contribution in [-0.4, -0.2) is 34.8 Å². The maximum atomic E-state index is 10.8. The molecule has 1 aromatic rings. The van der Waals surface area contributed by atoms with Crippen molar-refractivity contribution in [3.05, 3.63) is 22.9 Å². The van der Waals surface area contributed by atoms with Crippen LogP contribution >= 0.6 is 0 Å². The largest absolute Gasteiger partial charge is 0.479 e. The van der Waals surface area contributed by atoms with Crippen molar-refractivity contribution in [1.82, 2.24) is 4.98 Å².